The Bertz CT molecular complexity index is 469. The molecule has 0 radical (unpaired) electrons. The lowest BCUT2D eigenvalue weighted by atomic mass is 10.1. The third-order valence-electron chi connectivity index (χ3n) is 3.33. The number of ether oxygens (including phenoxy) is 2. The SMILES string of the molecule is COc1ccc(C(=O)CS(=O)C2CCOC2C)cc1. The predicted octanol–water partition coefficient (Wildman–Crippen LogP) is 1.80. The summed E-state index contributed by atoms with van der Waals surface area (Å²) < 4.78 is 22.6. The highest BCUT2D eigenvalue weighted by atomic mass is 32.2. The summed E-state index contributed by atoms with van der Waals surface area (Å²) >= 11 is 0. The van der Waals surface area contributed by atoms with Crippen molar-refractivity contribution < 1.29 is 18.5 Å². The number of ketones is 1. The lowest BCUT2D eigenvalue weighted by Gasteiger charge is -2.13. The minimum atomic E-state index is -1.17. The van der Waals surface area contributed by atoms with E-state index in [0.717, 1.165) is 6.42 Å². The topological polar surface area (TPSA) is 52.6 Å². The number of benzene rings is 1. The third-order valence-corrected chi connectivity index (χ3v) is 5.17. The summed E-state index contributed by atoms with van der Waals surface area (Å²) in [6, 6.07) is 6.87. The van der Waals surface area contributed by atoms with Crippen molar-refractivity contribution in [1.29, 1.82) is 0 Å². The van der Waals surface area contributed by atoms with E-state index in [-0.39, 0.29) is 22.9 Å². The molecule has 2 rings (SSSR count). The van der Waals surface area contributed by atoms with E-state index < -0.39 is 10.8 Å². The Morgan fingerprint density at radius 2 is 2.11 bits per heavy atom. The fourth-order valence-electron chi connectivity index (χ4n) is 2.15. The minimum Gasteiger partial charge on any atom is -0.497 e. The maximum absolute atomic E-state index is 12.1. The van der Waals surface area contributed by atoms with Gasteiger partial charge in [0.1, 0.15) is 5.75 Å². The molecule has 1 aliphatic heterocycles. The standard InChI is InChI=1S/C14H18O4S/c1-10-14(7-8-18-10)19(16)9-13(15)11-3-5-12(17-2)6-4-11/h3-6,10,14H,7-9H2,1-2H3. The molecule has 1 saturated heterocycles. The molecular weight excluding hydrogens is 264 g/mol. The number of methoxy groups -OCH3 is 1. The first kappa shape index (κ1) is 14.2. The summed E-state index contributed by atoms with van der Waals surface area (Å²) in [5.74, 6) is 0.667. The van der Waals surface area contributed by atoms with E-state index >= 15 is 0 Å². The average molecular weight is 282 g/mol. The minimum absolute atomic E-state index is 0.0236. The predicted molar refractivity (Wildman–Crippen MR) is 74.2 cm³/mol. The van der Waals surface area contributed by atoms with Gasteiger partial charge in [0.05, 0.1) is 24.2 Å². The first-order valence-electron chi connectivity index (χ1n) is 6.28. The highest BCUT2D eigenvalue weighted by Crippen LogP contribution is 2.20. The molecule has 0 aromatic heterocycles. The molecular formula is C14H18O4S. The van der Waals surface area contributed by atoms with E-state index in [1.807, 2.05) is 6.92 Å². The number of Topliss-reactive ketones (excluding diaryl/α,β-unsaturated/α-hetero) is 1. The summed E-state index contributed by atoms with van der Waals surface area (Å²) in [7, 11) is 0.408. The highest BCUT2D eigenvalue weighted by Gasteiger charge is 2.30. The van der Waals surface area contributed by atoms with Gasteiger partial charge in [-0.1, -0.05) is 0 Å². The molecule has 104 valence electrons. The van der Waals surface area contributed by atoms with Crippen molar-refractivity contribution in [2.45, 2.75) is 24.7 Å². The van der Waals surface area contributed by atoms with E-state index in [1.165, 1.54) is 0 Å². The van der Waals surface area contributed by atoms with Gasteiger partial charge in [0.25, 0.3) is 0 Å². The fraction of sp³-hybridized carbons (Fsp3) is 0.500. The molecule has 0 bridgehead atoms. The van der Waals surface area contributed by atoms with Crippen LogP contribution in [0.15, 0.2) is 24.3 Å². The zero-order valence-electron chi connectivity index (χ0n) is 11.1. The Hall–Kier alpha value is -1.20. The first-order valence-corrected chi connectivity index (χ1v) is 7.66. The number of carbonyl (C=O) groups excluding carboxylic acids is 1. The van der Waals surface area contributed by atoms with Crippen LogP contribution < -0.4 is 4.74 Å². The second-order valence-corrected chi connectivity index (χ2v) is 6.24. The normalized spacial score (nSPS) is 24.1. The number of rotatable bonds is 5. The molecule has 1 aromatic rings. The molecule has 1 fully saturated rings. The van der Waals surface area contributed by atoms with Gasteiger partial charge in [-0.25, -0.2) is 0 Å². The number of hydrogen-bond acceptors (Lipinski definition) is 4. The largest absolute Gasteiger partial charge is 0.497 e. The van der Waals surface area contributed by atoms with E-state index in [0.29, 0.717) is 17.9 Å². The quantitative estimate of drug-likeness (QED) is 0.773. The first-order chi connectivity index (χ1) is 9.11. The molecule has 0 amide bonds. The summed E-state index contributed by atoms with van der Waals surface area (Å²) in [4.78, 5) is 12.0. The van der Waals surface area contributed by atoms with Crippen LogP contribution in [0.5, 0.6) is 5.75 Å². The molecule has 1 aliphatic rings. The van der Waals surface area contributed by atoms with Gasteiger partial charge in [0.15, 0.2) is 5.78 Å². The Morgan fingerprint density at radius 3 is 2.63 bits per heavy atom. The molecule has 0 saturated carbocycles. The van der Waals surface area contributed by atoms with Gasteiger partial charge in [-0.05, 0) is 37.6 Å². The summed E-state index contributed by atoms with van der Waals surface area (Å²) in [6.45, 7) is 2.54. The van der Waals surface area contributed by atoms with Crippen molar-refractivity contribution in [2.24, 2.45) is 0 Å². The van der Waals surface area contributed by atoms with Crippen molar-refractivity contribution in [3.63, 3.8) is 0 Å². The van der Waals surface area contributed by atoms with Gasteiger partial charge in [-0.3, -0.25) is 9.00 Å². The van der Waals surface area contributed by atoms with Gasteiger partial charge in [-0.2, -0.15) is 0 Å². The van der Waals surface area contributed by atoms with Crippen LogP contribution in [-0.2, 0) is 15.5 Å². The van der Waals surface area contributed by atoms with Gasteiger partial charge in [0, 0.05) is 23.0 Å². The maximum atomic E-state index is 12.1. The second-order valence-electron chi connectivity index (χ2n) is 4.58. The summed E-state index contributed by atoms with van der Waals surface area (Å²) in [5.41, 5.74) is 0.570. The Kier molecular flexibility index (Phi) is 4.71. The maximum Gasteiger partial charge on any atom is 0.175 e. The smallest absolute Gasteiger partial charge is 0.175 e. The van der Waals surface area contributed by atoms with Crippen LogP contribution in [-0.4, -0.2) is 40.8 Å². The van der Waals surface area contributed by atoms with Crippen LogP contribution in [0.4, 0.5) is 0 Å². The van der Waals surface area contributed by atoms with E-state index in [1.54, 1.807) is 31.4 Å². The van der Waals surface area contributed by atoms with Crippen LogP contribution in [0.2, 0.25) is 0 Å². The van der Waals surface area contributed by atoms with Crippen LogP contribution >= 0.6 is 0 Å². The average Bonchev–Trinajstić information content (AvgIpc) is 2.85. The van der Waals surface area contributed by atoms with E-state index in [4.69, 9.17) is 9.47 Å². The van der Waals surface area contributed by atoms with Gasteiger partial charge in [0.2, 0.25) is 0 Å². The molecule has 19 heavy (non-hydrogen) atoms. The van der Waals surface area contributed by atoms with Crippen LogP contribution in [0, 0.1) is 0 Å². The van der Waals surface area contributed by atoms with Crippen LogP contribution in [0.1, 0.15) is 23.7 Å². The van der Waals surface area contributed by atoms with Crippen molar-refractivity contribution >= 4 is 16.6 Å². The second kappa shape index (κ2) is 6.30. The van der Waals surface area contributed by atoms with Gasteiger partial charge >= 0.3 is 0 Å². The lowest BCUT2D eigenvalue weighted by molar-refractivity contribution is 0.102. The summed E-state index contributed by atoms with van der Waals surface area (Å²) in [5, 5.41) is -0.0257. The van der Waals surface area contributed by atoms with Gasteiger partial charge in [-0.15, -0.1) is 0 Å². The Morgan fingerprint density at radius 1 is 1.42 bits per heavy atom. The molecule has 1 heterocycles. The molecule has 0 N–H and O–H groups in total. The number of carbonyl (C=O) groups is 1. The monoisotopic (exact) mass is 282 g/mol. The zero-order chi connectivity index (χ0) is 13.8. The zero-order valence-corrected chi connectivity index (χ0v) is 11.9. The fourth-order valence-corrected chi connectivity index (χ4v) is 3.66. The van der Waals surface area contributed by atoms with Crippen molar-refractivity contribution in [1.82, 2.24) is 0 Å². The van der Waals surface area contributed by atoms with Crippen LogP contribution in [0.25, 0.3) is 0 Å². The third kappa shape index (κ3) is 3.42. The van der Waals surface area contributed by atoms with E-state index in [2.05, 4.69) is 0 Å². The Labute approximate surface area is 115 Å². The summed E-state index contributed by atoms with van der Waals surface area (Å²) in [6.07, 6.45) is 0.744. The van der Waals surface area contributed by atoms with Crippen molar-refractivity contribution in [2.75, 3.05) is 19.5 Å². The molecule has 3 atom stereocenters. The number of hydrogen-bond donors (Lipinski definition) is 0. The highest BCUT2D eigenvalue weighted by molar-refractivity contribution is 7.86. The molecule has 0 aliphatic carbocycles. The molecule has 4 nitrogen and oxygen atoms in total. The lowest BCUT2D eigenvalue weighted by Crippen LogP contribution is -2.27. The molecule has 5 heteroatoms. The van der Waals surface area contributed by atoms with Crippen molar-refractivity contribution in [3.05, 3.63) is 29.8 Å². The Balaban J connectivity index is 1.98. The van der Waals surface area contributed by atoms with E-state index in [9.17, 15) is 9.00 Å². The van der Waals surface area contributed by atoms with Crippen LogP contribution in [0.3, 0.4) is 0 Å². The molecule has 1 aromatic carbocycles. The van der Waals surface area contributed by atoms with Gasteiger partial charge < -0.3 is 9.47 Å². The van der Waals surface area contributed by atoms with Crippen molar-refractivity contribution in [3.8, 4) is 5.75 Å². The molecule has 0 spiro atoms. The molecule has 3 unspecified atom stereocenters.